The van der Waals surface area contributed by atoms with Crippen molar-refractivity contribution >= 4 is 35.2 Å². The van der Waals surface area contributed by atoms with E-state index in [9.17, 15) is 24.3 Å². The third-order valence-electron chi connectivity index (χ3n) is 13.1. The van der Waals surface area contributed by atoms with Crippen molar-refractivity contribution in [2.75, 3.05) is 17.7 Å². The Balaban J connectivity index is 1.23. The molecule has 0 bridgehead atoms. The average Bonchev–Trinajstić information content (AvgIpc) is 3.03. The number of hydrogen-bond donors (Lipinski definition) is 6. The molecule has 2 aromatic rings. The van der Waals surface area contributed by atoms with Crippen LogP contribution in [0.3, 0.4) is 0 Å². The maximum Gasteiger partial charge on any atom is 0.405 e. The summed E-state index contributed by atoms with van der Waals surface area (Å²) in [7, 11) is 0. The van der Waals surface area contributed by atoms with Gasteiger partial charge in [-0.25, -0.2) is 4.79 Å². The standard InChI is InChI=1S/C38H50N4O6/c1-35-15-5-17-37(3,29(35)13-9-22-7-11-24(39)19-26(22)35)32(45)42-33(46)38(4)18-6-16-36(2)27-20-25(12-8-23(27)10-14-30(36)38)40-31(44)28(21-43)41-34(47)48/h7-8,11-12,19-20,28-30,41,43H,5-6,9-10,13-18,21,39H2,1-4H3,(H,40,44)(H,47,48)(H,42,45,46)/t28?,29-,30-,35-,36-,37+,38+/m1/s1. The van der Waals surface area contributed by atoms with Crippen LogP contribution in [0.1, 0.15) is 101 Å². The van der Waals surface area contributed by atoms with Crippen molar-refractivity contribution in [1.82, 2.24) is 10.6 Å². The number of nitrogens with two attached hydrogens (primary N) is 1. The van der Waals surface area contributed by atoms with Gasteiger partial charge >= 0.3 is 6.09 Å². The number of aliphatic hydroxyl groups is 1. The lowest BCUT2D eigenvalue weighted by molar-refractivity contribution is -0.150. The second-order valence-corrected chi connectivity index (χ2v) is 15.8. The molecule has 48 heavy (non-hydrogen) atoms. The first kappa shape index (κ1) is 34.0. The predicted octanol–water partition coefficient (Wildman–Crippen LogP) is 5.20. The minimum atomic E-state index is -1.40. The van der Waals surface area contributed by atoms with Crippen LogP contribution in [0.15, 0.2) is 36.4 Å². The number of carbonyl (C=O) groups excluding carboxylic acids is 3. The van der Waals surface area contributed by atoms with Gasteiger partial charge in [0.2, 0.25) is 17.7 Å². The summed E-state index contributed by atoms with van der Waals surface area (Å²) in [5.74, 6) is -0.954. The van der Waals surface area contributed by atoms with Gasteiger partial charge in [-0.3, -0.25) is 19.7 Å². The summed E-state index contributed by atoms with van der Waals surface area (Å²) in [4.78, 5) is 52.6. The van der Waals surface area contributed by atoms with Gasteiger partial charge in [-0.15, -0.1) is 0 Å². The number of carbonyl (C=O) groups is 4. The Kier molecular flexibility index (Phi) is 8.63. The zero-order valence-electron chi connectivity index (χ0n) is 28.6. The molecule has 1 unspecified atom stereocenters. The molecule has 258 valence electrons. The number of benzene rings is 2. The minimum absolute atomic E-state index is 0.0298. The SMILES string of the molecule is C[C@]1(C(=O)NC(=O)[C@@]2(C)CCC[C@]3(C)c4cc(NC(=O)C(CO)NC(=O)O)ccc4CC[C@@H]23)CCC[C@]2(C)c3cc(N)ccc3CC[C@@H]12. The number of imide groups is 1. The number of hydrogen-bond acceptors (Lipinski definition) is 6. The van der Waals surface area contributed by atoms with Gasteiger partial charge < -0.3 is 26.6 Å². The number of amides is 4. The van der Waals surface area contributed by atoms with Gasteiger partial charge in [-0.1, -0.05) is 52.7 Å². The lowest BCUT2D eigenvalue weighted by Gasteiger charge is -2.56. The summed E-state index contributed by atoms with van der Waals surface area (Å²) in [6.07, 6.45) is 6.94. The smallest absolute Gasteiger partial charge is 0.405 e. The van der Waals surface area contributed by atoms with Gasteiger partial charge in [0.15, 0.2) is 0 Å². The fourth-order valence-corrected chi connectivity index (χ4v) is 10.5. The molecule has 2 fully saturated rings. The van der Waals surface area contributed by atoms with E-state index in [0.717, 1.165) is 74.6 Å². The van der Waals surface area contributed by atoms with Gasteiger partial charge in [-0.05, 0) is 121 Å². The second kappa shape index (κ2) is 12.2. The third kappa shape index (κ3) is 5.46. The monoisotopic (exact) mass is 658 g/mol. The molecular weight excluding hydrogens is 608 g/mol. The van der Waals surface area contributed by atoms with Crippen LogP contribution in [-0.4, -0.2) is 46.7 Å². The quantitative estimate of drug-likeness (QED) is 0.183. The van der Waals surface area contributed by atoms with Crippen LogP contribution >= 0.6 is 0 Å². The topological polar surface area (TPSA) is 171 Å². The van der Waals surface area contributed by atoms with E-state index in [2.05, 4.69) is 43.5 Å². The maximum absolute atomic E-state index is 14.4. The number of nitrogen functional groups attached to an aromatic ring is 1. The van der Waals surface area contributed by atoms with Gasteiger partial charge in [0.25, 0.3) is 0 Å². The van der Waals surface area contributed by atoms with E-state index in [4.69, 9.17) is 10.8 Å². The number of aliphatic hydroxyl groups excluding tert-OH is 1. The molecule has 7 atom stereocenters. The number of aryl methyl sites for hydroxylation is 2. The Bertz CT molecular complexity index is 1660. The summed E-state index contributed by atoms with van der Waals surface area (Å²) in [5, 5.41) is 26.4. The molecule has 4 amide bonds. The highest BCUT2D eigenvalue weighted by Crippen LogP contribution is 2.59. The lowest BCUT2D eigenvalue weighted by atomic mass is 9.49. The molecule has 2 aromatic carbocycles. The van der Waals surface area contributed by atoms with Crippen molar-refractivity contribution in [1.29, 1.82) is 0 Å². The first-order chi connectivity index (χ1) is 22.7. The first-order valence-electron chi connectivity index (χ1n) is 17.4. The van der Waals surface area contributed by atoms with E-state index < -0.39 is 35.5 Å². The fourth-order valence-electron chi connectivity index (χ4n) is 10.5. The van der Waals surface area contributed by atoms with Crippen LogP contribution in [0.4, 0.5) is 16.2 Å². The minimum Gasteiger partial charge on any atom is -0.465 e. The van der Waals surface area contributed by atoms with E-state index in [1.807, 2.05) is 30.4 Å². The second-order valence-electron chi connectivity index (χ2n) is 15.8. The number of fused-ring (bicyclic) bond motifs is 6. The van der Waals surface area contributed by atoms with Gasteiger partial charge in [-0.2, -0.15) is 0 Å². The molecule has 0 aliphatic heterocycles. The highest BCUT2D eigenvalue weighted by Gasteiger charge is 2.58. The van der Waals surface area contributed by atoms with Crippen molar-refractivity contribution in [3.63, 3.8) is 0 Å². The van der Waals surface area contributed by atoms with Crippen molar-refractivity contribution in [2.45, 2.75) is 109 Å². The van der Waals surface area contributed by atoms with E-state index in [1.165, 1.54) is 11.1 Å². The van der Waals surface area contributed by atoms with E-state index in [-0.39, 0.29) is 34.5 Å². The Labute approximate surface area is 282 Å². The molecule has 10 nitrogen and oxygen atoms in total. The molecule has 0 heterocycles. The van der Waals surface area contributed by atoms with Crippen LogP contribution in [0.2, 0.25) is 0 Å². The van der Waals surface area contributed by atoms with E-state index >= 15 is 0 Å². The lowest BCUT2D eigenvalue weighted by Crippen LogP contribution is -2.60. The molecule has 7 N–H and O–H groups in total. The summed E-state index contributed by atoms with van der Waals surface area (Å²) in [6, 6.07) is 10.6. The first-order valence-corrected chi connectivity index (χ1v) is 17.4. The molecule has 4 aliphatic rings. The van der Waals surface area contributed by atoms with Crippen molar-refractivity contribution < 1.29 is 29.4 Å². The highest BCUT2D eigenvalue weighted by atomic mass is 16.4. The molecule has 0 radical (unpaired) electrons. The number of carboxylic acid groups (broad SMARTS) is 1. The van der Waals surface area contributed by atoms with Crippen LogP contribution in [0.25, 0.3) is 0 Å². The molecule has 0 aromatic heterocycles. The van der Waals surface area contributed by atoms with Crippen LogP contribution in [0, 0.1) is 22.7 Å². The summed E-state index contributed by atoms with van der Waals surface area (Å²) in [5.41, 5.74) is 10.2. The van der Waals surface area contributed by atoms with Crippen molar-refractivity contribution in [3.05, 3.63) is 58.7 Å². The van der Waals surface area contributed by atoms with Crippen LogP contribution in [-0.2, 0) is 38.1 Å². The maximum atomic E-state index is 14.4. The summed E-state index contributed by atoms with van der Waals surface area (Å²) >= 11 is 0. The number of rotatable bonds is 6. The summed E-state index contributed by atoms with van der Waals surface area (Å²) in [6.45, 7) is 7.87. The number of anilines is 2. The molecular formula is C38H50N4O6. The van der Waals surface area contributed by atoms with Crippen molar-refractivity contribution in [2.24, 2.45) is 22.7 Å². The molecule has 6 rings (SSSR count). The summed E-state index contributed by atoms with van der Waals surface area (Å²) < 4.78 is 0. The average molecular weight is 659 g/mol. The molecule has 0 spiro atoms. The molecule has 4 aliphatic carbocycles. The zero-order chi connectivity index (χ0) is 34.6. The van der Waals surface area contributed by atoms with Gasteiger partial charge in [0.1, 0.15) is 6.04 Å². The van der Waals surface area contributed by atoms with Gasteiger partial charge in [0.05, 0.1) is 17.4 Å². The molecule has 2 saturated carbocycles. The van der Waals surface area contributed by atoms with Crippen molar-refractivity contribution in [3.8, 4) is 0 Å². The predicted molar refractivity (Wildman–Crippen MR) is 183 cm³/mol. The largest absolute Gasteiger partial charge is 0.465 e. The fraction of sp³-hybridized carbons (Fsp3) is 0.579. The van der Waals surface area contributed by atoms with Crippen LogP contribution < -0.4 is 21.7 Å². The molecule has 0 saturated heterocycles. The van der Waals surface area contributed by atoms with Crippen LogP contribution in [0.5, 0.6) is 0 Å². The Morgan fingerprint density at radius 1 is 0.812 bits per heavy atom. The van der Waals surface area contributed by atoms with E-state index in [0.29, 0.717) is 12.1 Å². The van der Waals surface area contributed by atoms with E-state index in [1.54, 1.807) is 6.07 Å². The Morgan fingerprint density at radius 3 is 1.85 bits per heavy atom. The number of nitrogens with one attached hydrogen (secondary N) is 3. The third-order valence-corrected chi connectivity index (χ3v) is 13.1. The Morgan fingerprint density at radius 2 is 1.33 bits per heavy atom. The Hall–Kier alpha value is -3.92. The highest BCUT2D eigenvalue weighted by molar-refractivity contribution is 6.01. The van der Waals surface area contributed by atoms with Gasteiger partial charge in [0, 0.05) is 11.4 Å². The molecule has 10 heteroatoms. The normalized spacial score (nSPS) is 32.7. The zero-order valence-corrected chi connectivity index (χ0v) is 28.6.